The smallest absolute Gasteiger partial charge is 0.251 e. The summed E-state index contributed by atoms with van der Waals surface area (Å²) in [6.07, 6.45) is 1.73. The zero-order valence-electron chi connectivity index (χ0n) is 13.2. The lowest BCUT2D eigenvalue weighted by Gasteiger charge is -2.27. The second kappa shape index (κ2) is 7.85. The second-order valence-electron chi connectivity index (χ2n) is 5.73. The second-order valence-corrected chi connectivity index (χ2v) is 5.73. The van der Waals surface area contributed by atoms with Crippen LogP contribution in [-0.2, 0) is 13.1 Å². The van der Waals surface area contributed by atoms with Crippen LogP contribution in [0.3, 0.4) is 0 Å². The van der Waals surface area contributed by atoms with E-state index in [-0.39, 0.29) is 5.91 Å². The Hall–Kier alpha value is -2.24. The molecule has 1 aliphatic heterocycles. The summed E-state index contributed by atoms with van der Waals surface area (Å²) in [5, 5.41) is 6.27. The van der Waals surface area contributed by atoms with Crippen LogP contribution in [0, 0.1) is 0 Å². The molecular weight excluding hydrogens is 288 g/mol. The Morgan fingerprint density at radius 1 is 1.17 bits per heavy atom. The summed E-state index contributed by atoms with van der Waals surface area (Å²) in [6.45, 7) is 5.51. The van der Waals surface area contributed by atoms with Crippen molar-refractivity contribution in [1.29, 1.82) is 0 Å². The zero-order chi connectivity index (χ0) is 15.9. The topological polar surface area (TPSA) is 57.3 Å². The van der Waals surface area contributed by atoms with Gasteiger partial charge in [-0.05, 0) is 29.8 Å². The van der Waals surface area contributed by atoms with Gasteiger partial charge in [0.1, 0.15) is 0 Å². The number of aromatic nitrogens is 1. The molecule has 0 unspecified atom stereocenters. The Kier molecular flexibility index (Phi) is 5.34. The minimum atomic E-state index is -0.0576. The van der Waals surface area contributed by atoms with Gasteiger partial charge in [-0.15, -0.1) is 0 Å². The Bertz CT molecular complexity index is 638. The van der Waals surface area contributed by atoms with Gasteiger partial charge in [0.2, 0.25) is 0 Å². The molecule has 2 N–H and O–H groups in total. The first-order valence-corrected chi connectivity index (χ1v) is 8.01. The molecule has 1 aromatic heterocycles. The van der Waals surface area contributed by atoms with Gasteiger partial charge in [0, 0.05) is 44.5 Å². The molecule has 1 saturated heterocycles. The van der Waals surface area contributed by atoms with E-state index in [0.717, 1.165) is 38.4 Å². The lowest BCUT2D eigenvalue weighted by atomic mass is 10.1. The minimum Gasteiger partial charge on any atom is -0.346 e. The van der Waals surface area contributed by atoms with E-state index >= 15 is 0 Å². The molecule has 1 aromatic carbocycles. The van der Waals surface area contributed by atoms with Crippen LogP contribution in [0.25, 0.3) is 0 Å². The maximum atomic E-state index is 12.3. The van der Waals surface area contributed by atoms with E-state index in [4.69, 9.17) is 0 Å². The summed E-state index contributed by atoms with van der Waals surface area (Å²) in [5.41, 5.74) is 2.74. The lowest BCUT2D eigenvalue weighted by Crippen LogP contribution is -2.42. The molecule has 1 fully saturated rings. The quantitative estimate of drug-likeness (QED) is 0.877. The fourth-order valence-corrected chi connectivity index (χ4v) is 2.71. The molecular formula is C18H22N4O. The zero-order valence-corrected chi connectivity index (χ0v) is 13.2. The van der Waals surface area contributed by atoms with Gasteiger partial charge in [0.15, 0.2) is 0 Å². The molecule has 23 heavy (non-hydrogen) atoms. The first-order chi connectivity index (χ1) is 11.3. The Morgan fingerprint density at radius 2 is 2.04 bits per heavy atom. The number of carbonyl (C=O) groups is 1. The highest BCUT2D eigenvalue weighted by atomic mass is 16.1. The van der Waals surface area contributed by atoms with Crippen LogP contribution >= 0.6 is 0 Å². The molecule has 1 aliphatic rings. The SMILES string of the molecule is O=C(NCc1ccccn1)c1cccc(CN2CCNCC2)c1. The number of hydrogen-bond acceptors (Lipinski definition) is 4. The number of benzene rings is 1. The van der Waals surface area contributed by atoms with Crippen molar-refractivity contribution in [2.24, 2.45) is 0 Å². The van der Waals surface area contributed by atoms with Crippen LogP contribution in [0.15, 0.2) is 48.7 Å². The molecule has 0 aliphatic carbocycles. The van der Waals surface area contributed by atoms with Gasteiger partial charge in [-0.2, -0.15) is 0 Å². The summed E-state index contributed by atoms with van der Waals surface area (Å²) in [7, 11) is 0. The van der Waals surface area contributed by atoms with E-state index in [1.807, 2.05) is 36.4 Å². The fourth-order valence-electron chi connectivity index (χ4n) is 2.71. The van der Waals surface area contributed by atoms with E-state index in [1.54, 1.807) is 6.20 Å². The molecule has 3 rings (SSSR count). The summed E-state index contributed by atoms with van der Waals surface area (Å²) in [4.78, 5) is 18.9. The largest absolute Gasteiger partial charge is 0.346 e. The van der Waals surface area contributed by atoms with E-state index in [2.05, 4.69) is 26.6 Å². The summed E-state index contributed by atoms with van der Waals surface area (Å²) in [5.74, 6) is -0.0576. The number of carbonyl (C=O) groups excluding carboxylic acids is 1. The van der Waals surface area contributed by atoms with E-state index < -0.39 is 0 Å². The van der Waals surface area contributed by atoms with E-state index in [9.17, 15) is 4.79 Å². The van der Waals surface area contributed by atoms with Crippen LogP contribution in [0.2, 0.25) is 0 Å². The Morgan fingerprint density at radius 3 is 2.83 bits per heavy atom. The minimum absolute atomic E-state index is 0.0576. The molecule has 0 bridgehead atoms. The molecule has 1 amide bonds. The molecule has 5 nitrogen and oxygen atoms in total. The van der Waals surface area contributed by atoms with Crippen molar-refractivity contribution in [3.05, 3.63) is 65.5 Å². The number of pyridine rings is 1. The number of nitrogens with one attached hydrogen (secondary N) is 2. The highest BCUT2D eigenvalue weighted by Crippen LogP contribution is 2.09. The van der Waals surface area contributed by atoms with Crippen molar-refractivity contribution in [3.8, 4) is 0 Å². The molecule has 5 heteroatoms. The summed E-state index contributed by atoms with van der Waals surface area (Å²) < 4.78 is 0. The van der Waals surface area contributed by atoms with Gasteiger partial charge in [0.05, 0.1) is 12.2 Å². The number of amides is 1. The van der Waals surface area contributed by atoms with Crippen molar-refractivity contribution in [2.75, 3.05) is 26.2 Å². The normalized spacial score (nSPS) is 15.3. The highest BCUT2D eigenvalue weighted by Gasteiger charge is 2.11. The predicted molar refractivity (Wildman–Crippen MR) is 90.0 cm³/mol. The maximum Gasteiger partial charge on any atom is 0.251 e. The summed E-state index contributed by atoms with van der Waals surface area (Å²) >= 11 is 0. The third kappa shape index (κ3) is 4.61. The van der Waals surface area contributed by atoms with Gasteiger partial charge in [-0.1, -0.05) is 18.2 Å². The van der Waals surface area contributed by atoms with Crippen LogP contribution in [0.4, 0.5) is 0 Å². The third-order valence-corrected chi connectivity index (χ3v) is 3.96. The lowest BCUT2D eigenvalue weighted by molar-refractivity contribution is 0.0950. The van der Waals surface area contributed by atoms with Gasteiger partial charge in [0.25, 0.3) is 5.91 Å². The van der Waals surface area contributed by atoms with E-state index in [0.29, 0.717) is 12.1 Å². The van der Waals surface area contributed by atoms with Gasteiger partial charge < -0.3 is 10.6 Å². The average Bonchev–Trinajstić information content (AvgIpc) is 2.62. The maximum absolute atomic E-state index is 12.3. The van der Waals surface area contributed by atoms with Gasteiger partial charge >= 0.3 is 0 Å². The third-order valence-electron chi connectivity index (χ3n) is 3.96. The number of rotatable bonds is 5. The van der Waals surface area contributed by atoms with Crippen molar-refractivity contribution >= 4 is 5.91 Å². The van der Waals surface area contributed by atoms with Gasteiger partial charge in [-0.3, -0.25) is 14.7 Å². The Labute approximate surface area is 136 Å². The fraction of sp³-hybridized carbons (Fsp3) is 0.333. The molecule has 2 heterocycles. The standard InChI is InChI=1S/C18H22N4O/c23-18(21-13-17-6-1-2-7-20-17)16-5-3-4-15(12-16)14-22-10-8-19-9-11-22/h1-7,12,19H,8-11,13-14H2,(H,21,23). The molecule has 0 atom stereocenters. The predicted octanol–water partition coefficient (Wildman–Crippen LogP) is 1.42. The number of nitrogens with zero attached hydrogens (tertiary/aromatic N) is 2. The summed E-state index contributed by atoms with van der Waals surface area (Å²) in [6, 6.07) is 13.6. The molecule has 2 aromatic rings. The first-order valence-electron chi connectivity index (χ1n) is 8.01. The van der Waals surface area contributed by atoms with Crippen molar-refractivity contribution in [3.63, 3.8) is 0 Å². The first kappa shape index (κ1) is 15.6. The van der Waals surface area contributed by atoms with Crippen LogP contribution in [0.1, 0.15) is 21.6 Å². The highest BCUT2D eigenvalue weighted by molar-refractivity contribution is 5.94. The number of piperazine rings is 1. The van der Waals surface area contributed by atoms with Crippen LogP contribution in [0.5, 0.6) is 0 Å². The average molecular weight is 310 g/mol. The van der Waals surface area contributed by atoms with Crippen LogP contribution in [-0.4, -0.2) is 42.0 Å². The van der Waals surface area contributed by atoms with Crippen molar-refractivity contribution in [1.82, 2.24) is 20.5 Å². The Balaban J connectivity index is 1.58. The van der Waals surface area contributed by atoms with Crippen molar-refractivity contribution < 1.29 is 4.79 Å². The molecule has 0 saturated carbocycles. The molecule has 0 spiro atoms. The van der Waals surface area contributed by atoms with E-state index in [1.165, 1.54) is 5.56 Å². The number of hydrogen-bond donors (Lipinski definition) is 2. The van der Waals surface area contributed by atoms with Gasteiger partial charge in [-0.25, -0.2) is 0 Å². The molecule has 0 radical (unpaired) electrons. The van der Waals surface area contributed by atoms with Crippen molar-refractivity contribution in [2.45, 2.75) is 13.1 Å². The molecule has 120 valence electrons. The monoisotopic (exact) mass is 310 g/mol. The van der Waals surface area contributed by atoms with Crippen LogP contribution < -0.4 is 10.6 Å².